The van der Waals surface area contributed by atoms with E-state index in [4.69, 9.17) is 0 Å². The fraction of sp³-hybridized carbons (Fsp3) is 0.643. The molecule has 0 aromatic carbocycles. The maximum atomic E-state index is 11.9. The molecule has 0 radical (unpaired) electrons. The molecule has 20 heavy (non-hydrogen) atoms. The number of aromatic nitrogens is 2. The van der Waals surface area contributed by atoms with Crippen LogP contribution in [-0.2, 0) is 0 Å². The summed E-state index contributed by atoms with van der Waals surface area (Å²) < 4.78 is 0. The number of likely N-dealkylation sites (N-methyl/N-ethyl adjacent to an activating group) is 1. The predicted molar refractivity (Wildman–Crippen MR) is 80.9 cm³/mol. The molecule has 1 rings (SSSR count). The molecular formula is C14H25N5O. The second-order valence-electron chi connectivity index (χ2n) is 4.96. The third-order valence-electron chi connectivity index (χ3n) is 2.80. The van der Waals surface area contributed by atoms with Crippen molar-refractivity contribution in [3.63, 3.8) is 0 Å². The van der Waals surface area contributed by atoms with Gasteiger partial charge in [-0.1, -0.05) is 19.8 Å². The maximum Gasteiger partial charge on any atom is 0.270 e. The Morgan fingerprint density at radius 3 is 2.80 bits per heavy atom. The van der Waals surface area contributed by atoms with Crippen LogP contribution >= 0.6 is 0 Å². The number of hydrogen-bond donors (Lipinski definition) is 2. The molecule has 0 bridgehead atoms. The lowest BCUT2D eigenvalue weighted by Gasteiger charge is -2.10. The molecule has 0 saturated heterocycles. The Hall–Kier alpha value is -1.69. The van der Waals surface area contributed by atoms with Crippen molar-refractivity contribution in [2.45, 2.75) is 26.2 Å². The molecule has 0 aliphatic carbocycles. The molecule has 0 unspecified atom stereocenters. The van der Waals surface area contributed by atoms with Crippen LogP contribution in [0.3, 0.4) is 0 Å². The molecule has 0 aliphatic rings. The lowest BCUT2D eigenvalue weighted by molar-refractivity contribution is 0.0946. The van der Waals surface area contributed by atoms with Crippen LogP contribution in [0.5, 0.6) is 0 Å². The highest BCUT2D eigenvalue weighted by molar-refractivity contribution is 5.92. The van der Waals surface area contributed by atoms with Gasteiger partial charge in [0.2, 0.25) is 5.95 Å². The van der Waals surface area contributed by atoms with Crippen molar-refractivity contribution in [2.24, 2.45) is 0 Å². The molecule has 1 heterocycles. The van der Waals surface area contributed by atoms with Crippen molar-refractivity contribution in [3.05, 3.63) is 18.0 Å². The summed E-state index contributed by atoms with van der Waals surface area (Å²) in [5.41, 5.74) is 0.400. The van der Waals surface area contributed by atoms with Gasteiger partial charge in [-0.2, -0.15) is 0 Å². The average molecular weight is 279 g/mol. The fourth-order valence-electron chi connectivity index (χ4n) is 1.63. The summed E-state index contributed by atoms with van der Waals surface area (Å²) in [5.74, 6) is 0.354. The van der Waals surface area contributed by atoms with Gasteiger partial charge in [0.15, 0.2) is 0 Å². The van der Waals surface area contributed by atoms with Gasteiger partial charge in [-0.05, 0) is 26.6 Å². The number of rotatable bonds is 9. The largest absolute Gasteiger partial charge is 0.354 e. The minimum absolute atomic E-state index is 0.161. The molecule has 112 valence electrons. The highest BCUT2D eigenvalue weighted by atomic mass is 16.1. The highest BCUT2D eigenvalue weighted by Gasteiger charge is 2.08. The lowest BCUT2D eigenvalue weighted by atomic mass is 10.2. The summed E-state index contributed by atoms with van der Waals surface area (Å²) in [6.07, 6.45) is 5.05. The standard InChI is InChI=1S/C14H25N5O/c1-4-5-6-8-16-14-17-9-7-12(18-14)13(20)15-10-11-19(2)3/h7,9H,4-6,8,10-11H2,1-3H3,(H,15,20)(H,16,17,18). The van der Waals surface area contributed by atoms with E-state index in [9.17, 15) is 4.79 Å². The molecule has 0 saturated carbocycles. The van der Waals surface area contributed by atoms with Crippen LogP contribution in [0.25, 0.3) is 0 Å². The normalized spacial score (nSPS) is 10.6. The molecule has 1 amide bonds. The first-order valence-electron chi connectivity index (χ1n) is 7.13. The molecule has 0 spiro atoms. The van der Waals surface area contributed by atoms with Crippen molar-refractivity contribution in [2.75, 3.05) is 39.0 Å². The van der Waals surface area contributed by atoms with Crippen LogP contribution in [0.1, 0.15) is 36.7 Å². The van der Waals surface area contributed by atoms with Crippen LogP contribution in [0.2, 0.25) is 0 Å². The fourth-order valence-corrected chi connectivity index (χ4v) is 1.63. The van der Waals surface area contributed by atoms with E-state index < -0.39 is 0 Å². The number of carbonyl (C=O) groups is 1. The minimum Gasteiger partial charge on any atom is -0.354 e. The van der Waals surface area contributed by atoms with Gasteiger partial charge in [0.25, 0.3) is 5.91 Å². The maximum absolute atomic E-state index is 11.9. The Kier molecular flexibility index (Phi) is 7.57. The summed E-state index contributed by atoms with van der Waals surface area (Å²) in [7, 11) is 3.93. The number of nitrogens with zero attached hydrogens (tertiary/aromatic N) is 3. The third kappa shape index (κ3) is 6.47. The third-order valence-corrected chi connectivity index (χ3v) is 2.80. The van der Waals surface area contributed by atoms with Gasteiger partial charge in [-0.15, -0.1) is 0 Å². The van der Waals surface area contributed by atoms with Crippen LogP contribution in [0.15, 0.2) is 12.3 Å². The molecule has 1 aromatic heterocycles. The number of hydrogen-bond acceptors (Lipinski definition) is 5. The van der Waals surface area contributed by atoms with E-state index in [2.05, 4.69) is 27.5 Å². The van der Waals surface area contributed by atoms with Gasteiger partial charge < -0.3 is 15.5 Å². The van der Waals surface area contributed by atoms with Gasteiger partial charge in [0.05, 0.1) is 0 Å². The summed E-state index contributed by atoms with van der Waals surface area (Å²) in [6, 6.07) is 1.63. The number of carbonyl (C=O) groups excluding carboxylic acids is 1. The first-order valence-corrected chi connectivity index (χ1v) is 7.13. The summed E-state index contributed by atoms with van der Waals surface area (Å²) in [6.45, 7) is 4.41. The topological polar surface area (TPSA) is 70.2 Å². The van der Waals surface area contributed by atoms with E-state index in [0.717, 1.165) is 19.5 Å². The van der Waals surface area contributed by atoms with Gasteiger partial charge >= 0.3 is 0 Å². The molecule has 0 atom stereocenters. The van der Waals surface area contributed by atoms with E-state index in [1.54, 1.807) is 12.3 Å². The van der Waals surface area contributed by atoms with Crippen LogP contribution in [0, 0.1) is 0 Å². The van der Waals surface area contributed by atoms with Crippen molar-refractivity contribution in [1.82, 2.24) is 20.2 Å². The number of nitrogens with one attached hydrogen (secondary N) is 2. The number of amides is 1. The summed E-state index contributed by atoms with van der Waals surface area (Å²) >= 11 is 0. The van der Waals surface area contributed by atoms with Crippen molar-refractivity contribution >= 4 is 11.9 Å². The Labute approximate surface area is 121 Å². The second-order valence-corrected chi connectivity index (χ2v) is 4.96. The SMILES string of the molecule is CCCCCNc1nccc(C(=O)NCCN(C)C)n1. The highest BCUT2D eigenvalue weighted by Crippen LogP contribution is 2.02. The summed E-state index contributed by atoms with van der Waals surface area (Å²) in [5, 5.41) is 5.97. The van der Waals surface area contributed by atoms with Crippen LogP contribution in [-0.4, -0.2) is 54.5 Å². The average Bonchev–Trinajstić information content (AvgIpc) is 2.43. The minimum atomic E-state index is -0.161. The first-order chi connectivity index (χ1) is 9.63. The Morgan fingerprint density at radius 1 is 1.30 bits per heavy atom. The predicted octanol–water partition coefficient (Wildman–Crippen LogP) is 1.37. The molecule has 0 fully saturated rings. The van der Waals surface area contributed by atoms with Crippen molar-refractivity contribution in [3.8, 4) is 0 Å². The zero-order valence-electron chi connectivity index (χ0n) is 12.6. The molecule has 6 heteroatoms. The molecular weight excluding hydrogens is 254 g/mol. The van der Waals surface area contributed by atoms with Crippen molar-refractivity contribution in [1.29, 1.82) is 0 Å². The van der Waals surface area contributed by atoms with E-state index in [1.165, 1.54) is 12.8 Å². The van der Waals surface area contributed by atoms with E-state index in [1.807, 2.05) is 19.0 Å². The summed E-state index contributed by atoms with van der Waals surface area (Å²) in [4.78, 5) is 22.3. The van der Waals surface area contributed by atoms with E-state index in [0.29, 0.717) is 18.2 Å². The molecule has 1 aromatic rings. The van der Waals surface area contributed by atoms with E-state index in [-0.39, 0.29) is 5.91 Å². The Morgan fingerprint density at radius 2 is 2.10 bits per heavy atom. The monoisotopic (exact) mass is 279 g/mol. The molecule has 2 N–H and O–H groups in total. The van der Waals surface area contributed by atoms with Gasteiger partial charge in [-0.25, -0.2) is 9.97 Å². The molecule has 6 nitrogen and oxygen atoms in total. The number of anilines is 1. The lowest BCUT2D eigenvalue weighted by Crippen LogP contribution is -2.31. The van der Waals surface area contributed by atoms with E-state index >= 15 is 0 Å². The van der Waals surface area contributed by atoms with Gasteiger partial charge in [-0.3, -0.25) is 4.79 Å². The number of unbranched alkanes of at least 4 members (excludes halogenated alkanes) is 2. The Balaban J connectivity index is 2.43. The van der Waals surface area contributed by atoms with Crippen LogP contribution in [0.4, 0.5) is 5.95 Å². The zero-order chi connectivity index (χ0) is 14.8. The van der Waals surface area contributed by atoms with Gasteiger partial charge in [0, 0.05) is 25.8 Å². The Bertz CT molecular complexity index is 408. The zero-order valence-corrected chi connectivity index (χ0v) is 12.6. The van der Waals surface area contributed by atoms with Crippen molar-refractivity contribution < 1.29 is 4.79 Å². The smallest absolute Gasteiger partial charge is 0.270 e. The second kappa shape index (κ2) is 9.25. The quantitative estimate of drug-likeness (QED) is 0.668. The van der Waals surface area contributed by atoms with Gasteiger partial charge in [0.1, 0.15) is 5.69 Å². The van der Waals surface area contributed by atoms with Crippen LogP contribution < -0.4 is 10.6 Å². The molecule has 0 aliphatic heterocycles. The first kappa shape index (κ1) is 16.4.